The molecule has 2 aromatic heterocycles. The molecule has 2 heterocycles. The first-order valence-corrected chi connectivity index (χ1v) is 9.60. The number of hydrogen-bond acceptors (Lipinski definition) is 4. The van der Waals surface area contributed by atoms with Crippen molar-refractivity contribution in [3.8, 4) is 0 Å². The third kappa shape index (κ3) is 5.91. The Balaban J connectivity index is 1.48. The van der Waals surface area contributed by atoms with E-state index >= 15 is 0 Å². The highest BCUT2D eigenvalue weighted by Gasteiger charge is 2.12. The second-order valence-electron chi connectivity index (χ2n) is 6.78. The van der Waals surface area contributed by atoms with Crippen molar-refractivity contribution in [2.24, 2.45) is 0 Å². The van der Waals surface area contributed by atoms with Crippen LogP contribution in [0.5, 0.6) is 0 Å². The minimum absolute atomic E-state index is 0.00351. The van der Waals surface area contributed by atoms with Gasteiger partial charge in [-0.3, -0.25) is 9.78 Å². The number of nitrogens with one attached hydrogen (secondary N) is 1. The Morgan fingerprint density at radius 1 is 0.964 bits per heavy atom. The average molecular weight is 374 g/mol. The van der Waals surface area contributed by atoms with Crippen LogP contribution in [0.1, 0.15) is 27.9 Å². The zero-order valence-corrected chi connectivity index (χ0v) is 16.2. The first-order valence-electron chi connectivity index (χ1n) is 9.60. The summed E-state index contributed by atoms with van der Waals surface area (Å²) < 4.78 is 0. The van der Waals surface area contributed by atoms with Crippen LogP contribution < -0.4 is 5.32 Å². The van der Waals surface area contributed by atoms with Crippen LogP contribution in [0.25, 0.3) is 0 Å². The van der Waals surface area contributed by atoms with Gasteiger partial charge in [0.1, 0.15) is 5.82 Å². The third-order valence-corrected chi connectivity index (χ3v) is 4.63. The van der Waals surface area contributed by atoms with E-state index in [1.54, 1.807) is 29.6 Å². The van der Waals surface area contributed by atoms with Crippen molar-refractivity contribution in [2.75, 3.05) is 25.5 Å². The van der Waals surface area contributed by atoms with Crippen LogP contribution in [-0.4, -0.2) is 40.9 Å². The van der Waals surface area contributed by atoms with Gasteiger partial charge in [0, 0.05) is 44.3 Å². The summed E-state index contributed by atoms with van der Waals surface area (Å²) >= 11 is 0. The number of carbonyl (C=O) groups is 1. The van der Waals surface area contributed by atoms with Gasteiger partial charge in [0.25, 0.3) is 5.91 Å². The summed E-state index contributed by atoms with van der Waals surface area (Å²) in [5, 5.41) is 3.32. The maximum Gasteiger partial charge on any atom is 0.253 e. The fraction of sp³-hybridized carbons (Fsp3) is 0.261. The normalized spacial score (nSPS) is 10.5. The molecule has 144 valence electrons. The SMILES string of the molecule is CN(CCc1ccncc1)C(=O)c1ccnc(NCCCc2ccccc2)c1. The number of anilines is 1. The predicted octanol–water partition coefficient (Wildman–Crippen LogP) is 3.84. The van der Waals surface area contributed by atoms with Gasteiger partial charge in [0.05, 0.1) is 0 Å². The minimum Gasteiger partial charge on any atom is -0.370 e. The lowest BCUT2D eigenvalue weighted by molar-refractivity contribution is 0.0796. The molecule has 0 aliphatic carbocycles. The number of nitrogens with zero attached hydrogens (tertiary/aromatic N) is 3. The second-order valence-corrected chi connectivity index (χ2v) is 6.78. The van der Waals surface area contributed by atoms with Gasteiger partial charge < -0.3 is 10.2 Å². The molecule has 0 aliphatic heterocycles. The summed E-state index contributed by atoms with van der Waals surface area (Å²) in [6, 6.07) is 18.0. The molecule has 0 radical (unpaired) electrons. The number of pyridine rings is 2. The molecule has 3 aromatic rings. The summed E-state index contributed by atoms with van der Waals surface area (Å²) in [4.78, 5) is 22.8. The van der Waals surface area contributed by atoms with Crippen LogP contribution in [0.15, 0.2) is 73.2 Å². The van der Waals surface area contributed by atoms with Crippen LogP contribution in [0.2, 0.25) is 0 Å². The van der Waals surface area contributed by atoms with Crippen LogP contribution in [0.4, 0.5) is 5.82 Å². The number of rotatable bonds is 9. The Morgan fingerprint density at radius 2 is 1.71 bits per heavy atom. The van der Waals surface area contributed by atoms with Crippen molar-refractivity contribution in [2.45, 2.75) is 19.3 Å². The molecule has 0 saturated carbocycles. The maximum atomic E-state index is 12.7. The lowest BCUT2D eigenvalue weighted by Gasteiger charge is -2.17. The lowest BCUT2D eigenvalue weighted by atomic mass is 10.1. The highest BCUT2D eigenvalue weighted by Crippen LogP contribution is 2.11. The van der Waals surface area contributed by atoms with Crippen molar-refractivity contribution in [3.05, 3.63) is 89.9 Å². The van der Waals surface area contributed by atoms with Gasteiger partial charge in [-0.05, 0) is 54.7 Å². The van der Waals surface area contributed by atoms with Crippen molar-refractivity contribution in [1.29, 1.82) is 0 Å². The highest BCUT2D eigenvalue weighted by molar-refractivity contribution is 5.94. The van der Waals surface area contributed by atoms with E-state index in [1.807, 2.05) is 31.3 Å². The van der Waals surface area contributed by atoms with Gasteiger partial charge in [-0.15, -0.1) is 0 Å². The molecule has 0 spiro atoms. The largest absolute Gasteiger partial charge is 0.370 e. The minimum atomic E-state index is 0.00351. The van der Waals surface area contributed by atoms with Crippen LogP contribution in [0, 0.1) is 0 Å². The molecule has 0 saturated heterocycles. The first-order chi connectivity index (χ1) is 13.7. The molecule has 28 heavy (non-hydrogen) atoms. The quantitative estimate of drug-likeness (QED) is 0.578. The van der Waals surface area contributed by atoms with Crippen LogP contribution >= 0.6 is 0 Å². The summed E-state index contributed by atoms with van der Waals surface area (Å²) in [7, 11) is 1.83. The number of carbonyl (C=O) groups excluding carboxylic acids is 1. The van der Waals surface area contributed by atoms with Gasteiger partial charge in [0.2, 0.25) is 0 Å². The highest BCUT2D eigenvalue weighted by atomic mass is 16.2. The molecule has 0 bridgehead atoms. The van der Waals surface area contributed by atoms with Crippen LogP contribution in [-0.2, 0) is 12.8 Å². The Labute approximate surface area is 166 Å². The van der Waals surface area contributed by atoms with E-state index in [2.05, 4.69) is 39.6 Å². The molecule has 1 aromatic carbocycles. The smallest absolute Gasteiger partial charge is 0.253 e. The van der Waals surface area contributed by atoms with Gasteiger partial charge in [0.15, 0.2) is 0 Å². The van der Waals surface area contributed by atoms with Gasteiger partial charge in [-0.2, -0.15) is 0 Å². The lowest BCUT2D eigenvalue weighted by Crippen LogP contribution is -2.29. The van der Waals surface area contributed by atoms with Crippen molar-refractivity contribution >= 4 is 11.7 Å². The monoisotopic (exact) mass is 374 g/mol. The van der Waals surface area contributed by atoms with E-state index in [0.717, 1.165) is 31.6 Å². The fourth-order valence-corrected chi connectivity index (χ4v) is 2.98. The second kappa shape index (κ2) is 10.2. The predicted molar refractivity (Wildman–Crippen MR) is 112 cm³/mol. The van der Waals surface area contributed by atoms with Crippen LogP contribution in [0.3, 0.4) is 0 Å². The molecule has 5 nitrogen and oxygen atoms in total. The summed E-state index contributed by atoms with van der Waals surface area (Å²) in [5.41, 5.74) is 3.15. The fourth-order valence-electron chi connectivity index (χ4n) is 2.98. The van der Waals surface area contributed by atoms with E-state index < -0.39 is 0 Å². The Morgan fingerprint density at radius 3 is 2.50 bits per heavy atom. The van der Waals surface area contributed by atoms with Gasteiger partial charge in [-0.25, -0.2) is 4.98 Å². The summed E-state index contributed by atoms with van der Waals surface area (Å²) in [5.74, 6) is 0.741. The Bertz CT molecular complexity index is 868. The number of aromatic nitrogens is 2. The zero-order chi connectivity index (χ0) is 19.6. The number of amides is 1. The molecular formula is C23H26N4O. The van der Waals surface area contributed by atoms with E-state index in [-0.39, 0.29) is 5.91 Å². The van der Waals surface area contributed by atoms with Gasteiger partial charge in [-0.1, -0.05) is 30.3 Å². The molecule has 1 N–H and O–H groups in total. The molecule has 0 atom stereocenters. The third-order valence-electron chi connectivity index (χ3n) is 4.63. The Kier molecular flexibility index (Phi) is 7.13. The van der Waals surface area contributed by atoms with E-state index in [1.165, 1.54) is 11.1 Å². The molecule has 0 fully saturated rings. The molecule has 3 rings (SSSR count). The topological polar surface area (TPSA) is 58.1 Å². The molecule has 0 aliphatic rings. The molecular weight excluding hydrogens is 348 g/mol. The van der Waals surface area contributed by atoms with Gasteiger partial charge >= 0.3 is 0 Å². The Hall–Kier alpha value is -3.21. The number of aryl methyl sites for hydroxylation is 1. The van der Waals surface area contributed by atoms with Crippen molar-refractivity contribution in [3.63, 3.8) is 0 Å². The van der Waals surface area contributed by atoms with Crippen molar-refractivity contribution < 1.29 is 4.79 Å². The van der Waals surface area contributed by atoms with E-state index in [0.29, 0.717) is 12.1 Å². The van der Waals surface area contributed by atoms with E-state index in [9.17, 15) is 4.79 Å². The summed E-state index contributed by atoms with van der Waals surface area (Å²) in [6.45, 7) is 1.47. The van der Waals surface area contributed by atoms with Crippen molar-refractivity contribution in [1.82, 2.24) is 14.9 Å². The molecule has 5 heteroatoms. The molecule has 0 unspecified atom stereocenters. The zero-order valence-electron chi connectivity index (χ0n) is 16.2. The summed E-state index contributed by atoms with van der Waals surface area (Å²) in [6.07, 6.45) is 8.06. The number of benzene rings is 1. The number of likely N-dealkylation sites (N-methyl/N-ethyl adjacent to an activating group) is 1. The van der Waals surface area contributed by atoms with E-state index in [4.69, 9.17) is 0 Å². The molecule has 1 amide bonds. The first kappa shape index (κ1) is 19.5. The average Bonchev–Trinajstić information content (AvgIpc) is 2.76. The maximum absolute atomic E-state index is 12.7. The number of hydrogen-bond donors (Lipinski definition) is 1. The standard InChI is InChI=1S/C23H26N4O/c1-27(17-12-20-9-14-24-15-10-20)23(28)21-11-16-26-22(18-21)25-13-5-8-19-6-3-2-4-7-19/h2-4,6-7,9-11,14-16,18H,5,8,12-13,17H2,1H3,(H,25,26).